The van der Waals surface area contributed by atoms with E-state index in [0.717, 1.165) is 16.2 Å². The Morgan fingerprint density at radius 3 is 2.40 bits per heavy atom. The lowest BCUT2D eigenvalue weighted by Crippen LogP contribution is -2.12. The maximum absolute atomic E-state index is 12.1. The molecule has 2 aromatic carbocycles. The molecule has 0 fully saturated rings. The molecule has 3 heteroatoms. The van der Waals surface area contributed by atoms with Crippen LogP contribution in [0.2, 0.25) is 0 Å². The van der Waals surface area contributed by atoms with Crippen LogP contribution in [0.5, 0.6) is 5.75 Å². The molecule has 0 aromatic heterocycles. The molecule has 0 bridgehead atoms. The topological polar surface area (TPSA) is 26.3 Å². The van der Waals surface area contributed by atoms with Gasteiger partial charge in [-0.05, 0) is 43.9 Å². The van der Waals surface area contributed by atoms with Gasteiger partial charge in [0.25, 0.3) is 0 Å². The SMILES string of the molecule is CSc1ccc(C(=O)COc2ccc(C)cc2C)cc1. The van der Waals surface area contributed by atoms with E-state index in [4.69, 9.17) is 4.74 Å². The predicted molar refractivity (Wildman–Crippen MR) is 84.0 cm³/mol. The van der Waals surface area contributed by atoms with Crippen LogP contribution in [0.15, 0.2) is 47.4 Å². The molecule has 0 spiro atoms. The van der Waals surface area contributed by atoms with Crippen LogP contribution >= 0.6 is 11.8 Å². The number of hydrogen-bond donors (Lipinski definition) is 0. The molecular weight excluding hydrogens is 268 g/mol. The molecule has 0 saturated carbocycles. The zero-order valence-electron chi connectivity index (χ0n) is 12.0. The number of ketones is 1. The summed E-state index contributed by atoms with van der Waals surface area (Å²) >= 11 is 1.66. The summed E-state index contributed by atoms with van der Waals surface area (Å²) in [7, 11) is 0. The lowest BCUT2D eigenvalue weighted by molar-refractivity contribution is 0.0921. The van der Waals surface area contributed by atoms with Crippen molar-refractivity contribution in [1.29, 1.82) is 0 Å². The lowest BCUT2D eigenvalue weighted by atomic mass is 10.1. The Morgan fingerprint density at radius 2 is 1.80 bits per heavy atom. The van der Waals surface area contributed by atoms with Gasteiger partial charge in [-0.3, -0.25) is 4.79 Å². The quantitative estimate of drug-likeness (QED) is 0.606. The highest BCUT2D eigenvalue weighted by molar-refractivity contribution is 7.98. The highest BCUT2D eigenvalue weighted by atomic mass is 32.2. The maximum atomic E-state index is 12.1. The van der Waals surface area contributed by atoms with E-state index >= 15 is 0 Å². The molecule has 0 radical (unpaired) electrons. The highest BCUT2D eigenvalue weighted by Gasteiger charge is 2.08. The first-order chi connectivity index (χ1) is 9.60. The Hall–Kier alpha value is -1.74. The summed E-state index contributed by atoms with van der Waals surface area (Å²) < 4.78 is 5.61. The normalized spacial score (nSPS) is 10.3. The van der Waals surface area contributed by atoms with Gasteiger partial charge in [0, 0.05) is 10.5 Å². The first kappa shape index (κ1) is 14.7. The van der Waals surface area contributed by atoms with Gasteiger partial charge in [-0.1, -0.05) is 29.8 Å². The molecule has 0 saturated heterocycles. The monoisotopic (exact) mass is 286 g/mol. The largest absolute Gasteiger partial charge is 0.485 e. The van der Waals surface area contributed by atoms with Gasteiger partial charge in [-0.25, -0.2) is 0 Å². The van der Waals surface area contributed by atoms with Crippen molar-refractivity contribution in [2.75, 3.05) is 12.9 Å². The second kappa shape index (κ2) is 6.62. The summed E-state index contributed by atoms with van der Waals surface area (Å²) in [6.07, 6.45) is 2.01. The summed E-state index contributed by atoms with van der Waals surface area (Å²) in [6, 6.07) is 13.5. The molecule has 104 valence electrons. The number of benzene rings is 2. The van der Waals surface area contributed by atoms with Crippen molar-refractivity contribution < 1.29 is 9.53 Å². The van der Waals surface area contributed by atoms with Crippen LogP contribution in [0, 0.1) is 13.8 Å². The van der Waals surface area contributed by atoms with Gasteiger partial charge >= 0.3 is 0 Å². The van der Waals surface area contributed by atoms with Crippen LogP contribution in [-0.2, 0) is 0 Å². The molecule has 0 unspecified atom stereocenters. The fourth-order valence-electron chi connectivity index (χ4n) is 1.96. The van der Waals surface area contributed by atoms with Crippen LogP contribution in [0.25, 0.3) is 0 Å². The van der Waals surface area contributed by atoms with E-state index in [1.165, 1.54) is 5.56 Å². The summed E-state index contributed by atoms with van der Waals surface area (Å²) in [5, 5.41) is 0. The molecule has 2 nitrogen and oxygen atoms in total. The van der Waals surface area contributed by atoms with Gasteiger partial charge in [-0.15, -0.1) is 11.8 Å². The van der Waals surface area contributed by atoms with Crippen molar-refractivity contribution >= 4 is 17.5 Å². The number of carbonyl (C=O) groups excluding carboxylic acids is 1. The zero-order valence-corrected chi connectivity index (χ0v) is 12.8. The fraction of sp³-hybridized carbons (Fsp3) is 0.235. The van der Waals surface area contributed by atoms with E-state index in [9.17, 15) is 4.79 Å². The third-order valence-electron chi connectivity index (χ3n) is 3.10. The average molecular weight is 286 g/mol. The summed E-state index contributed by atoms with van der Waals surface area (Å²) in [4.78, 5) is 13.2. The summed E-state index contributed by atoms with van der Waals surface area (Å²) in [5.41, 5.74) is 2.93. The molecule has 2 rings (SSSR count). The van der Waals surface area contributed by atoms with Crippen molar-refractivity contribution in [2.45, 2.75) is 18.7 Å². The molecule has 2 aromatic rings. The van der Waals surface area contributed by atoms with Gasteiger partial charge < -0.3 is 4.74 Å². The first-order valence-corrected chi connectivity index (χ1v) is 7.70. The molecular formula is C17H18O2S. The number of rotatable bonds is 5. The van der Waals surface area contributed by atoms with Crippen molar-refractivity contribution in [3.63, 3.8) is 0 Å². The number of thioether (sulfide) groups is 1. The minimum absolute atomic E-state index is 0.00220. The second-order valence-corrected chi connectivity index (χ2v) is 5.59. The summed E-state index contributed by atoms with van der Waals surface area (Å²) in [6.45, 7) is 4.10. The fourth-order valence-corrected chi connectivity index (χ4v) is 2.37. The van der Waals surface area contributed by atoms with E-state index < -0.39 is 0 Å². The molecule has 0 amide bonds. The van der Waals surface area contributed by atoms with E-state index in [2.05, 4.69) is 0 Å². The van der Waals surface area contributed by atoms with E-state index in [-0.39, 0.29) is 12.4 Å². The number of Topliss-reactive ketones (excluding diaryl/α,β-unsaturated/α-hetero) is 1. The number of ether oxygens (including phenoxy) is 1. The van der Waals surface area contributed by atoms with Crippen LogP contribution in [0.1, 0.15) is 21.5 Å². The third kappa shape index (κ3) is 3.64. The molecule has 0 aliphatic heterocycles. The number of carbonyl (C=O) groups is 1. The Kier molecular flexibility index (Phi) is 4.85. The Morgan fingerprint density at radius 1 is 1.10 bits per heavy atom. The van der Waals surface area contributed by atoms with Gasteiger partial charge in [-0.2, -0.15) is 0 Å². The van der Waals surface area contributed by atoms with E-state index in [1.54, 1.807) is 11.8 Å². The van der Waals surface area contributed by atoms with Gasteiger partial charge in [0.1, 0.15) is 5.75 Å². The molecule has 0 aliphatic rings. The van der Waals surface area contributed by atoms with Crippen molar-refractivity contribution in [3.8, 4) is 5.75 Å². The zero-order chi connectivity index (χ0) is 14.5. The smallest absolute Gasteiger partial charge is 0.200 e. The van der Waals surface area contributed by atoms with E-state index in [0.29, 0.717) is 5.56 Å². The van der Waals surface area contributed by atoms with Crippen LogP contribution in [0.3, 0.4) is 0 Å². The summed E-state index contributed by atoms with van der Waals surface area (Å²) in [5.74, 6) is 0.766. The molecule has 20 heavy (non-hydrogen) atoms. The lowest BCUT2D eigenvalue weighted by Gasteiger charge is -2.09. The van der Waals surface area contributed by atoms with Crippen molar-refractivity contribution in [2.24, 2.45) is 0 Å². The van der Waals surface area contributed by atoms with Gasteiger partial charge in [0.2, 0.25) is 0 Å². The number of hydrogen-bond acceptors (Lipinski definition) is 3. The van der Waals surface area contributed by atoms with Crippen LogP contribution in [0.4, 0.5) is 0 Å². The van der Waals surface area contributed by atoms with Crippen LogP contribution in [-0.4, -0.2) is 18.6 Å². The average Bonchev–Trinajstić information content (AvgIpc) is 2.46. The third-order valence-corrected chi connectivity index (χ3v) is 3.84. The predicted octanol–water partition coefficient (Wildman–Crippen LogP) is 4.29. The van der Waals surface area contributed by atoms with Crippen LogP contribution < -0.4 is 4.74 Å². The molecule has 0 N–H and O–H groups in total. The van der Waals surface area contributed by atoms with Crippen molar-refractivity contribution in [1.82, 2.24) is 0 Å². The first-order valence-electron chi connectivity index (χ1n) is 6.47. The minimum Gasteiger partial charge on any atom is -0.485 e. The molecule has 0 aliphatic carbocycles. The van der Waals surface area contributed by atoms with E-state index in [1.807, 2.05) is 62.6 Å². The maximum Gasteiger partial charge on any atom is 0.200 e. The number of aryl methyl sites for hydroxylation is 2. The highest BCUT2D eigenvalue weighted by Crippen LogP contribution is 2.19. The Balaban J connectivity index is 2.00. The molecule has 0 heterocycles. The van der Waals surface area contributed by atoms with Crippen molar-refractivity contribution in [3.05, 3.63) is 59.2 Å². The minimum atomic E-state index is -0.00220. The Bertz CT molecular complexity index is 603. The Labute approximate surface area is 124 Å². The van der Waals surface area contributed by atoms with Gasteiger partial charge in [0.15, 0.2) is 12.4 Å². The van der Waals surface area contributed by atoms with Gasteiger partial charge in [0.05, 0.1) is 0 Å². The standard InChI is InChI=1S/C17H18O2S/c1-12-4-9-17(13(2)10-12)19-11-16(18)14-5-7-15(20-3)8-6-14/h4-10H,11H2,1-3H3. The second-order valence-electron chi connectivity index (χ2n) is 4.71. The molecule has 0 atom stereocenters.